The smallest absolute Gasteiger partial charge is 0.223 e. The van der Waals surface area contributed by atoms with Gasteiger partial charge in [0.25, 0.3) is 0 Å². The number of methoxy groups -OCH3 is 1. The topological polar surface area (TPSA) is 75.7 Å². The van der Waals surface area contributed by atoms with Crippen molar-refractivity contribution in [3.63, 3.8) is 0 Å². The Bertz CT molecular complexity index is 361. The van der Waals surface area contributed by atoms with Crippen molar-refractivity contribution in [3.05, 3.63) is 0 Å². The minimum absolute atomic E-state index is 0.000552. The number of carbonyl (C=O) groups excluding carboxylic acids is 1. The number of hydrogen-bond acceptors (Lipinski definition) is 4. The van der Waals surface area contributed by atoms with E-state index < -0.39 is 10.0 Å². The van der Waals surface area contributed by atoms with Gasteiger partial charge in [0.05, 0.1) is 12.4 Å². The van der Waals surface area contributed by atoms with E-state index in [1.165, 1.54) is 4.31 Å². The number of carbonyl (C=O) groups is 1. The summed E-state index contributed by atoms with van der Waals surface area (Å²) in [7, 11) is -1.53. The highest BCUT2D eigenvalue weighted by molar-refractivity contribution is 7.89. The van der Waals surface area contributed by atoms with E-state index in [0.717, 1.165) is 0 Å². The number of nitrogens with one attached hydrogen (secondary N) is 1. The second-order valence-corrected chi connectivity index (χ2v) is 6.62. The first kappa shape index (κ1) is 15.4. The number of rotatable bonds is 6. The van der Waals surface area contributed by atoms with E-state index in [1.807, 2.05) is 0 Å². The van der Waals surface area contributed by atoms with Crippen molar-refractivity contribution in [3.8, 4) is 0 Å². The molecule has 1 heterocycles. The Balaban J connectivity index is 2.37. The van der Waals surface area contributed by atoms with Gasteiger partial charge in [0.1, 0.15) is 0 Å². The molecule has 1 fully saturated rings. The summed E-state index contributed by atoms with van der Waals surface area (Å²) in [6, 6.07) is 0. The van der Waals surface area contributed by atoms with Crippen LogP contribution in [0, 0.1) is 5.92 Å². The van der Waals surface area contributed by atoms with Gasteiger partial charge in [-0.2, -0.15) is 0 Å². The molecule has 1 amide bonds. The fourth-order valence-corrected chi connectivity index (χ4v) is 3.13. The molecule has 106 valence electrons. The summed E-state index contributed by atoms with van der Waals surface area (Å²) in [5, 5.41) is 2.79. The van der Waals surface area contributed by atoms with Crippen molar-refractivity contribution in [2.45, 2.75) is 19.8 Å². The standard InChI is InChI=1S/C11H22N2O4S/c1-3-18(15,16)13-7-4-10(5-8-13)11(14)12-6-9-17-2/h10H,3-9H2,1-2H3,(H,12,14). The zero-order valence-corrected chi connectivity index (χ0v) is 11.8. The van der Waals surface area contributed by atoms with Gasteiger partial charge in [0.15, 0.2) is 0 Å². The summed E-state index contributed by atoms with van der Waals surface area (Å²) >= 11 is 0. The molecule has 0 aromatic rings. The monoisotopic (exact) mass is 278 g/mol. The molecule has 1 aliphatic heterocycles. The van der Waals surface area contributed by atoms with Crippen molar-refractivity contribution in [2.24, 2.45) is 5.92 Å². The van der Waals surface area contributed by atoms with Crippen LogP contribution in [-0.2, 0) is 19.6 Å². The lowest BCUT2D eigenvalue weighted by Gasteiger charge is -2.30. The Kier molecular flexibility index (Phi) is 6.04. The maximum Gasteiger partial charge on any atom is 0.223 e. The van der Waals surface area contributed by atoms with Gasteiger partial charge in [0, 0.05) is 32.7 Å². The molecule has 0 aromatic carbocycles. The molecular formula is C11H22N2O4S. The lowest BCUT2D eigenvalue weighted by molar-refractivity contribution is -0.126. The van der Waals surface area contributed by atoms with Gasteiger partial charge >= 0.3 is 0 Å². The Morgan fingerprint density at radius 2 is 2.00 bits per heavy atom. The second kappa shape index (κ2) is 7.06. The van der Waals surface area contributed by atoms with Crippen molar-refractivity contribution in [1.29, 1.82) is 0 Å². The molecule has 1 rings (SSSR count). The molecule has 7 heteroatoms. The van der Waals surface area contributed by atoms with Crippen molar-refractivity contribution < 1.29 is 17.9 Å². The highest BCUT2D eigenvalue weighted by Crippen LogP contribution is 2.19. The summed E-state index contributed by atoms with van der Waals surface area (Å²) in [4.78, 5) is 11.8. The average Bonchev–Trinajstić information content (AvgIpc) is 2.39. The van der Waals surface area contributed by atoms with Gasteiger partial charge in [-0.15, -0.1) is 0 Å². The fraction of sp³-hybridized carbons (Fsp3) is 0.909. The maximum absolute atomic E-state index is 11.8. The Hall–Kier alpha value is -0.660. The quantitative estimate of drug-likeness (QED) is 0.683. The van der Waals surface area contributed by atoms with E-state index in [-0.39, 0.29) is 17.6 Å². The van der Waals surface area contributed by atoms with Crippen LogP contribution in [0.1, 0.15) is 19.8 Å². The number of hydrogen-bond donors (Lipinski definition) is 1. The number of piperidine rings is 1. The third-order valence-corrected chi connectivity index (χ3v) is 5.07. The van der Waals surface area contributed by atoms with E-state index >= 15 is 0 Å². The van der Waals surface area contributed by atoms with Crippen LogP contribution in [0.3, 0.4) is 0 Å². The Morgan fingerprint density at radius 1 is 1.39 bits per heavy atom. The molecule has 1 aliphatic rings. The van der Waals surface area contributed by atoms with Gasteiger partial charge in [0.2, 0.25) is 15.9 Å². The van der Waals surface area contributed by atoms with Crippen molar-refractivity contribution in [2.75, 3.05) is 39.1 Å². The summed E-state index contributed by atoms with van der Waals surface area (Å²) in [5.74, 6) is 0.0447. The first-order valence-corrected chi connectivity index (χ1v) is 7.86. The molecule has 6 nitrogen and oxygen atoms in total. The number of ether oxygens (including phenoxy) is 1. The summed E-state index contributed by atoms with van der Waals surface area (Å²) in [5.41, 5.74) is 0. The molecule has 0 unspecified atom stereocenters. The molecule has 1 N–H and O–H groups in total. The summed E-state index contributed by atoms with van der Waals surface area (Å²) in [6.07, 6.45) is 1.19. The summed E-state index contributed by atoms with van der Waals surface area (Å²) in [6.45, 7) is 3.52. The van der Waals surface area contributed by atoms with Crippen LogP contribution in [-0.4, -0.2) is 57.7 Å². The zero-order valence-electron chi connectivity index (χ0n) is 11.0. The van der Waals surface area contributed by atoms with Gasteiger partial charge in [-0.3, -0.25) is 4.79 Å². The summed E-state index contributed by atoms with van der Waals surface area (Å²) < 4.78 is 29.6. The van der Waals surface area contributed by atoms with Crippen LogP contribution in [0.25, 0.3) is 0 Å². The van der Waals surface area contributed by atoms with Gasteiger partial charge in [-0.1, -0.05) is 0 Å². The molecule has 0 bridgehead atoms. The molecule has 0 radical (unpaired) electrons. The lowest BCUT2D eigenvalue weighted by Crippen LogP contribution is -2.43. The van der Waals surface area contributed by atoms with Gasteiger partial charge in [-0.05, 0) is 19.8 Å². The van der Waals surface area contributed by atoms with Crippen molar-refractivity contribution in [1.82, 2.24) is 9.62 Å². The molecule has 0 aliphatic carbocycles. The van der Waals surface area contributed by atoms with Crippen LogP contribution in [0.2, 0.25) is 0 Å². The first-order chi connectivity index (χ1) is 8.51. The number of amides is 1. The predicted octanol–water partition coefficient (Wildman–Crippen LogP) is -0.189. The van der Waals surface area contributed by atoms with E-state index in [9.17, 15) is 13.2 Å². The van der Waals surface area contributed by atoms with Crippen LogP contribution < -0.4 is 5.32 Å². The molecule has 0 atom stereocenters. The minimum Gasteiger partial charge on any atom is -0.383 e. The fourth-order valence-electron chi connectivity index (χ4n) is 2.00. The molecular weight excluding hydrogens is 256 g/mol. The molecule has 0 spiro atoms. The van der Waals surface area contributed by atoms with E-state index in [1.54, 1.807) is 14.0 Å². The van der Waals surface area contributed by atoms with Crippen LogP contribution in [0.15, 0.2) is 0 Å². The largest absolute Gasteiger partial charge is 0.383 e. The van der Waals surface area contributed by atoms with E-state index in [4.69, 9.17) is 4.74 Å². The van der Waals surface area contributed by atoms with Crippen molar-refractivity contribution >= 4 is 15.9 Å². The molecule has 1 saturated heterocycles. The molecule has 0 aromatic heterocycles. The SMILES string of the molecule is CCS(=O)(=O)N1CCC(C(=O)NCCOC)CC1. The van der Waals surface area contributed by atoms with Crippen LogP contribution in [0.4, 0.5) is 0 Å². The third kappa shape index (κ3) is 4.22. The zero-order chi connectivity index (χ0) is 13.6. The highest BCUT2D eigenvalue weighted by atomic mass is 32.2. The van der Waals surface area contributed by atoms with Gasteiger partial charge in [-0.25, -0.2) is 12.7 Å². The van der Waals surface area contributed by atoms with Crippen LogP contribution in [0.5, 0.6) is 0 Å². The average molecular weight is 278 g/mol. The third-order valence-electron chi connectivity index (χ3n) is 3.19. The van der Waals surface area contributed by atoms with E-state index in [2.05, 4.69) is 5.32 Å². The normalized spacial score (nSPS) is 18.8. The number of sulfonamides is 1. The Morgan fingerprint density at radius 3 is 2.50 bits per heavy atom. The van der Waals surface area contributed by atoms with E-state index in [0.29, 0.717) is 39.1 Å². The highest BCUT2D eigenvalue weighted by Gasteiger charge is 2.29. The lowest BCUT2D eigenvalue weighted by atomic mass is 9.97. The molecule has 18 heavy (non-hydrogen) atoms. The van der Waals surface area contributed by atoms with Gasteiger partial charge < -0.3 is 10.1 Å². The molecule has 0 saturated carbocycles. The predicted molar refractivity (Wildman–Crippen MR) is 68.6 cm³/mol. The first-order valence-electron chi connectivity index (χ1n) is 6.25. The number of nitrogens with zero attached hydrogens (tertiary/aromatic N) is 1. The maximum atomic E-state index is 11.8. The second-order valence-electron chi connectivity index (χ2n) is 4.36. The Labute approximate surface area is 109 Å². The minimum atomic E-state index is -3.11. The van der Waals surface area contributed by atoms with Crippen LogP contribution >= 0.6 is 0 Å².